The fraction of sp³-hybridized carbons (Fsp3) is 0.889. The molecule has 12 heavy (non-hydrogen) atoms. The van der Waals surface area contributed by atoms with Crippen LogP contribution in [-0.4, -0.2) is 12.6 Å². The summed E-state index contributed by atoms with van der Waals surface area (Å²) in [5, 5.41) is 0. The molecule has 0 atom stereocenters. The van der Waals surface area contributed by atoms with Gasteiger partial charge < -0.3 is 0 Å². The zero-order chi connectivity index (χ0) is 9.61. The summed E-state index contributed by atoms with van der Waals surface area (Å²) in [5.74, 6) is -0.269. The Bertz CT molecular complexity index is 139. The van der Waals surface area contributed by atoms with E-state index in [1.807, 2.05) is 20.8 Å². The Hall–Kier alpha value is -0.570. The lowest BCUT2D eigenvalue weighted by molar-refractivity contribution is -0.278. The molecule has 0 aliphatic heterocycles. The van der Waals surface area contributed by atoms with Crippen molar-refractivity contribution in [3.05, 3.63) is 0 Å². The predicted octanol–water partition coefficient (Wildman–Crippen LogP) is 2.31. The second-order valence-corrected chi connectivity index (χ2v) is 3.05. The third-order valence-corrected chi connectivity index (χ3v) is 2.31. The first-order valence-corrected chi connectivity index (χ1v) is 4.44. The van der Waals surface area contributed by atoms with Crippen molar-refractivity contribution >= 4 is 5.97 Å². The molecule has 0 rings (SSSR count). The number of hydrogen-bond donors (Lipinski definition) is 0. The average molecular weight is 174 g/mol. The van der Waals surface area contributed by atoms with Crippen LogP contribution in [0.2, 0.25) is 0 Å². The molecule has 0 spiro atoms. The highest BCUT2D eigenvalue weighted by Crippen LogP contribution is 2.26. The van der Waals surface area contributed by atoms with Gasteiger partial charge in [-0.3, -0.25) is 4.89 Å². The summed E-state index contributed by atoms with van der Waals surface area (Å²) < 4.78 is 0. The van der Waals surface area contributed by atoms with Crippen LogP contribution >= 0.6 is 0 Å². The maximum Gasteiger partial charge on any atom is 0.348 e. The van der Waals surface area contributed by atoms with Gasteiger partial charge in [0, 0.05) is 0 Å². The smallest absolute Gasteiger partial charge is 0.298 e. The van der Waals surface area contributed by atoms with Gasteiger partial charge in [0.2, 0.25) is 0 Å². The maximum atomic E-state index is 11.3. The van der Waals surface area contributed by atoms with Crippen LogP contribution in [0.15, 0.2) is 0 Å². The number of rotatable bonds is 5. The first-order valence-electron chi connectivity index (χ1n) is 4.44. The molecule has 0 fully saturated rings. The van der Waals surface area contributed by atoms with Crippen molar-refractivity contribution in [2.24, 2.45) is 5.41 Å². The highest BCUT2D eigenvalue weighted by atomic mass is 17.2. The standard InChI is InChI=1S/C9H18O3/c1-5-9(4,6-2)8(10)12-11-7-3/h5-7H2,1-4H3. The highest BCUT2D eigenvalue weighted by molar-refractivity contribution is 5.75. The zero-order valence-corrected chi connectivity index (χ0v) is 8.35. The van der Waals surface area contributed by atoms with E-state index in [2.05, 4.69) is 9.78 Å². The molecule has 0 unspecified atom stereocenters. The van der Waals surface area contributed by atoms with Crippen molar-refractivity contribution in [3.63, 3.8) is 0 Å². The molecule has 0 aromatic rings. The fourth-order valence-corrected chi connectivity index (χ4v) is 0.752. The van der Waals surface area contributed by atoms with Gasteiger partial charge in [-0.1, -0.05) is 13.8 Å². The third kappa shape index (κ3) is 2.81. The summed E-state index contributed by atoms with van der Waals surface area (Å²) in [6.07, 6.45) is 1.55. The molecule has 3 heteroatoms. The van der Waals surface area contributed by atoms with Crippen LogP contribution in [0, 0.1) is 5.41 Å². The summed E-state index contributed by atoms with van der Waals surface area (Å²) in [6, 6.07) is 0. The highest BCUT2D eigenvalue weighted by Gasteiger charge is 2.31. The van der Waals surface area contributed by atoms with Gasteiger partial charge in [-0.15, -0.1) is 0 Å². The van der Waals surface area contributed by atoms with Gasteiger partial charge in [0.05, 0.1) is 12.0 Å². The van der Waals surface area contributed by atoms with Crippen LogP contribution in [0.4, 0.5) is 0 Å². The predicted molar refractivity (Wildman–Crippen MR) is 46.4 cm³/mol. The lowest BCUT2D eigenvalue weighted by atomic mass is 9.85. The molecular weight excluding hydrogens is 156 g/mol. The molecular formula is C9H18O3. The molecule has 0 bridgehead atoms. The van der Waals surface area contributed by atoms with Gasteiger partial charge in [-0.25, -0.2) is 4.79 Å². The summed E-state index contributed by atoms with van der Waals surface area (Å²) in [6.45, 7) is 8.00. The van der Waals surface area contributed by atoms with Crippen LogP contribution in [0.3, 0.4) is 0 Å². The van der Waals surface area contributed by atoms with E-state index in [1.165, 1.54) is 0 Å². The SMILES string of the molecule is CCOOC(=O)C(C)(CC)CC. The van der Waals surface area contributed by atoms with E-state index in [0.717, 1.165) is 12.8 Å². The Morgan fingerprint density at radius 2 is 1.75 bits per heavy atom. The van der Waals surface area contributed by atoms with Crippen LogP contribution in [-0.2, 0) is 14.6 Å². The molecule has 0 aliphatic carbocycles. The molecule has 0 aromatic heterocycles. The summed E-state index contributed by atoms with van der Waals surface area (Å²) in [4.78, 5) is 20.5. The van der Waals surface area contributed by atoms with Crippen molar-refractivity contribution < 1.29 is 14.6 Å². The lowest BCUT2D eigenvalue weighted by Crippen LogP contribution is -2.28. The number of carbonyl (C=O) groups is 1. The molecule has 0 radical (unpaired) electrons. The minimum atomic E-state index is -0.394. The second-order valence-electron chi connectivity index (χ2n) is 3.05. The topological polar surface area (TPSA) is 35.5 Å². The molecule has 0 aliphatic rings. The number of hydrogen-bond acceptors (Lipinski definition) is 3. The quantitative estimate of drug-likeness (QED) is 0.474. The largest absolute Gasteiger partial charge is 0.348 e. The normalized spacial score (nSPS) is 11.3. The Morgan fingerprint density at radius 3 is 2.08 bits per heavy atom. The Kier molecular flexibility index (Phi) is 4.90. The zero-order valence-electron chi connectivity index (χ0n) is 8.35. The lowest BCUT2D eigenvalue weighted by Gasteiger charge is -2.22. The summed E-state index contributed by atoms with van der Waals surface area (Å²) in [7, 11) is 0. The molecule has 0 saturated carbocycles. The Morgan fingerprint density at radius 1 is 1.25 bits per heavy atom. The summed E-state index contributed by atoms with van der Waals surface area (Å²) in [5.41, 5.74) is -0.394. The van der Waals surface area contributed by atoms with Crippen molar-refractivity contribution in [2.45, 2.75) is 40.5 Å². The van der Waals surface area contributed by atoms with E-state index < -0.39 is 5.41 Å². The van der Waals surface area contributed by atoms with Crippen molar-refractivity contribution in [3.8, 4) is 0 Å². The first kappa shape index (κ1) is 11.4. The van der Waals surface area contributed by atoms with Crippen LogP contribution in [0.5, 0.6) is 0 Å². The van der Waals surface area contributed by atoms with E-state index in [-0.39, 0.29) is 5.97 Å². The maximum absolute atomic E-state index is 11.3. The number of carbonyl (C=O) groups excluding carboxylic acids is 1. The average Bonchev–Trinajstić information content (AvgIpc) is 2.12. The molecule has 0 amide bonds. The first-order chi connectivity index (χ1) is 5.60. The van der Waals surface area contributed by atoms with Gasteiger partial charge >= 0.3 is 5.97 Å². The molecule has 0 N–H and O–H groups in total. The molecule has 3 nitrogen and oxygen atoms in total. The van der Waals surface area contributed by atoms with Gasteiger partial charge in [-0.2, -0.15) is 4.89 Å². The minimum absolute atomic E-state index is 0.269. The third-order valence-electron chi connectivity index (χ3n) is 2.31. The van der Waals surface area contributed by atoms with E-state index in [4.69, 9.17) is 0 Å². The molecule has 0 saturated heterocycles. The van der Waals surface area contributed by atoms with Crippen molar-refractivity contribution in [2.75, 3.05) is 6.61 Å². The van der Waals surface area contributed by atoms with Gasteiger partial charge in [0.15, 0.2) is 0 Å². The molecule has 72 valence electrons. The van der Waals surface area contributed by atoms with Crippen molar-refractivity contribution in [1.29, 1.82) is 0 Å². The van der Waals surface area contributed by atoms with Crippen molar-refractivity contribution in [1.82, 2.24) is 0 Å². The van der Waals surface area contributed by atoms with Crippen LogP contribution < -0.4 is 0 Å². The van der Waals surface area contributed by atoms with Crippen LogP contribution in [0.25, 0.3) is 0 Å². The van der Waals surface area contributed by atoms with Gasteiger partial charge in [0.1, 0.15) is 0 Å². The molecule has 0 heterocycles. The van der Waals surface area contributed by atoms with E-state index in [1.54, 1.807) is 6.92 Å². The van der Waals surface area contributed by atoms with Crippen LogP contribution in [0.1, 0.15) is 40.5 Å². The van der Waals surface area contributed by atoms with E-state index in [0.29, 0.717) is 6.61 Å². The van der Waals surface area contributed by atoms with Gasteiger partial charge in [-0.05, 0) is 26.7 Å². The second kappa shape index (κ2) is 5.14. The molecule has 0 aromatic carbocycles. The summed E-state index contributed by atoms with van der Waals surface area (Å²) >= 11 is 0. The Labute approximate surface area is 74.0 Å². The van der Waals surface area contributed by atoms with Gasteiger partial charge in [0.25, 0.3) is 0 Å². The monoisotopic (exact) mass is 174 g/mol. The van der Waals surface area contributed by atoms with E-state index in [9.17, 15) is 4.79 Å². The fourth-order valence-electron chi connectivity index (χ4n) is 0.752. The minimum Gasteiger partial charge on any atom is -0.298 e. The Balaban J connectivity index is 4.03. The van der Waals surface area contributed by atoms with E-state index >= 15 is 0 Å².